The smallest absolute Gasteiger partial charge is 0.264 e. The molecule has 5 aliphatic rings. The number of halogens is 3. The summed E-state index contributed by atoms with van der Waals surface area (Å²) in [6, 6.07) is 10.7. The molecule has 0 radical (unpaired) electrons. The lowest BCUT2D eigenvalue weighted by Gasteiger charge is -2.63. The maximum absolute atomic E-state index is 14.8. The van der Waals surface area contributed by atoms with Gasteiger partial charge in [0, 0.05) is 149 Å². The van der Waals surface area contributed by atoms with Gasteiger partial charge in [-0.05, 0) is 67.5 Å². The van der Waals surface area contributed by atoms with Crippen LogP contribution in [0.2, 0.25) is 5.02 Å². The van der Waals surface area contributed by atoms with Gasteiger partial charge in [-0.1, -0.05) is 39.3 Å². The summed E-state index contributed by atoms with van der Waals surface area (Å²) in [5, 5.41) is 22.5. The fourth-order valence-electron chi connectivity index (χ4n) is 12.8. The second-order valence-electron chi connectivity index (χ2n) is 21.8. The number of hydrogen-bond acceptors (Lipinski definition) is 12. The van der Waals surface area contributed by atoms with E-state index in [1.807, 2.05) is 11.0 Å². The molecule has 4 aliphatic heterocycles. The fraction of sp³-hybridized carbons (Fsp3) is 0.537. The summed E-state index contributed by atoms with van der Waals surface area (Å²) in [4.78, 5) is 44.4. The topological polar surface area (TPSA) is 163 Å². The third-order valence-electron chi connectivity index (χ3n) is 16.4. The van der Waals surface area contributed by atoms with Crippen LogP contribution >= 0.6 is 11.6 Å². The molecule has 10 rings (SSSR count). The Morgan fingerprint density at radius 2 is 1.74 bits per heavy atom. The molecule has 19 heteroatoms. The zero-order chi connectivity index (χ0) is 51.5. The van der Waals surface area contributed by atoms with E-state index in [1.54, 1.807) is 74.8 Å². The number of aromatic nitrogens is 6. The third kappa shape index (κ3) is 9.53. The number of nitrogens with one attached hydrogen (secondary N) is 1. The summed E-state index contributed by atoms with van der Waals surface area (Å²) in [5.74, 6) is 1.96. The van der Waals surface area contributed by atoms with Crippen molar-refractivity contribution in [2.24, 2.45) is 23.8 Å². The van der Waals surface area contributed by atoms with Gasteiger partial charge < -0.3 is 34.4 Å². The molecule has 16 nitrogen and oxygen atoms in total. The molecule has 1 N–H and O–H groups in total. The Bertz CT molecular complexity index is 2910. The number of benzene rings is 2. The van der Waals surface area contributed by atoms with Crippen molar-refractivity contribution in [2.45, 2.75) is 110 Å². The fourth-order valence-corrected chi connectivity index (χ4v) is 13.0. The number of carbonyl (C=O) groups excluding carboxylic acids is 2. The zero-order valence-corrected chi connectivity index (χ0v) is 43.5. The number of amides is 2. The molecule has 3 fully saturated rings. The molecule has 386 valence electrons. The minimum absolute atomic E-state index is 0.0112. The van der Waals surface area contributed by atoms with Crippen LogP contribution in [0, 0.1) is 28.1 Å². The lowest BCUT2D eigenvalue weighted by Crippen LogP contribution is -2.74. The van der Waals surface area contributed by atoms with Gasteiger partial charge in [0.15, 0.2) is 5.82 Å². The van der Waals surface area contributed by atoms with Crippen LogP contribution < -0.4 is 19.9 Å². The number of aryl methyl sites for hydroxylation is 2. The first-order chi connectivity index (χ1) is 34.9. The highest BCUT2D eigenvalue weighted by molar-refractivity contribution is 6.31. The van der Waals surface area contributed by atoms with Crippen LogP contribution in [0.3, 0.4) is 0 Å². The number of rotatable bonds is 12. The highest BCUT2D eigenvalue weighted by atomic mass is 35.5. The van der Waals surface area contributed by atoms with Crippen LogP contribution in [-0.4, -0.2) is 122 Å². The molecule has 2 saturated heterocycles. The highest BCUT2D eigenvalue weighted by Crippen LogP contribution is 2.56. The number of nitriles is 1. The van der Waals surface area contributed by atoms with Crippen molar-refractivity contribution in [3.63, 3.8) is 0 Å². The molecule has 5 aromatic rings. The first-order valence-electron chi connectivity index (χ1n) is 25.5. The van der Waals surface area contributed by atoms with Crippen LogP contribution in [0.1, 0.15) is 111 Å². The standard InChI is InChI=1S/C54H65ClF2N12O4/c1-32(70)66-20-15-44-42(30-66)48(68-16-8-9-33-21-40(37-27-61-64(6)28-37)41(47(56)57)23-45(33)68)63-69(44)38-13-17-65(18-14-38)29-35-12-19-67(31-46(35)72-7)52-59-25-36(26-60-52)49(71)62-50-53(2,3)51(54(50,4)5)73-39-11-10-34(24-58)43(55)22-39/h10-11,21-23,25-28,35,38,46-47,50-51H,8-9,12-20,29-31H2,1-7H3,(H,62,71)/t35-,46+,50?,51?/m1/s1. The first-order valence-corrected chi connectivity index (χ1v) is 25.9. The Morgan fingerprint density at radius 3 is 2.40 bits per heavy atom. The van der Waals surface area contributed by atoms with Gasteiger partial charge in [-0.15, -0.1) is 0 Å². The SMILES string of the molecule is CO[C@H]1CN(c2ncc(C(=O)NC3C(C)(C)C(Oc4ccc(C#N)c(Cl)c4)C3(C)C)cn2)CC[C@@H]1CN1CCC(n2nc(N3CCCc4cc(-c5cnn(C)c5)c(C(F)F)cc43)c3c2CCN(C(C)=O)C3)CC1. The van der Waals surface area contributed by atoms with Crippen molar-refractivity contribution in [3.8, 4) is 22.9 Å². The highest BCUT2D eigenvalue weighted by Gasteiger charge is 2.64. The number of hydrogen-bond donors (Lipinski definition) is 1. The van der Waals surface area contributed by atoms with Crippen LogP contribution in [0.15, 0.2) is 55.1 Å². The number of piperidine rings is 2. The molecule has 2 atom stereocenters. The number of ether oxygens (including phenoxy) is 2. The van der Waals surface area contributed by atoms with Crippen LogP contribution in [-0.2, 0) is 36.0 Å². The van der Waals surface area contributed by atoms with Gasteiger partial charge in [-0.2, -0.15) is 15.5 Å². The average molecular weight is 1020 g/mol. The van der Waals surface area contributed by atoms with Crippen LogP contribution in [0.25, 0.3) is 11.1 Å². The first kappa shape index (κ1) is 50.4. The molecule has 1 saturated carbocycles. The van der Waals surface area contributed by atoms with Gasteiger partial charge in [0.05, 0.1) is 41.0 Å². The molecule has 7 heterocycles. The largest absolute Gasteiger partial charge is 0.489 e. The average Bonchev–Trinajstić information content (AvgIpc) is 4.00. The van der Waals surface area contributed by atoms with Crippen molar-refractivity contribution >= 4 is 40.9 Å². The molecule has 2 amide bonds. The van der Waals surface area contributed by atoms with Crippen molar-refractivity contribution in [1.82, 2.24) is 44.6 Å². The van der Waals surface area contributed by atoms with Gasteiger partial charge in [-0.3, -0.25) is 19.0 Å². The van der Waals surface area contributed by atoms with E-state index in [2.05, 4.69) is 73.5 Å². The normalized spacial score (nSPS) is 22.8. The van der Waals surface area contributed by atoms with E-state index < -0.39 is 17.3 Å². The Labute approximate surface area is 430 Å². The van der Waals surface area contributed by atoms with E-state index in [4.69, 9.17) is 26.2 Å². The van der Waals surface area contributed by atoms with E-state index in [0.29, 0.717) is 77.5 Å². The Kier molecular flexibility index (Phi) is 13.8. The minimum Gasteiger partial charge on any atom is -0.489 e. The number of anilines is 3. The van der Waals surface area contributed by atoms with Crippen molar-refractivity contribution in [1.29, 1.82) is 5.26 Å². The Balaban J connectivity index is 0.767. The third-order valence-corrected chi connectivity index (χ3v) is 16.7. The van der Waals surface area contributed by atoms with Crippen molar-refractivity contribution in [2.75, 3.05) is 62.7 Å². The van der Waals surface area contributed by atoms with E-state index in [-0.39, 0.29) is 41.7 Å². The molecule has 2 aromatic carbocycles. The Morgan fingerprint density at radius 1 is 0.986 bits per heavy atom. The number of likely N-dealkylation sites (tertiary alicyclic amines) is 1. The van der Waals surface area contributed by atoms with Crippen molar-refractivity contribution in [3.05, 3.63) is 93.7 Å². The number of nitrogens with zero attached hydrogens (tertiary/aromatic N) is 11. The van der Waals surface area contributed by atoms with Gasteiger partial charge >= 0.3 is 0 Å². The predicted molar refractivity (Wildman–Crippen MR) is 273 cm³/mol. The van der Waals surface area contributed by atoms with Crippen LogP contribution in [0.4, 0.5) is 26.2 Å². The summed E-state index contributed by atoms with van der Waals surface area (Å²) >= 11 is 6.28. The van der Waals surface area contributed by atoms with Crippen molar-refractivity contribution < 1.29 is 27.8 Å². The lowest BCUT2D eigenvalue weighted by atomic mass is 9.49. The molecule has 1 aliphatic carbocycles. The summed E-state index contributed by atoms with van der Waals surface area (Å²) in [6.45, 7) is 15.6. The number of carbonyl (C=O) groups is 2. The summed E-state index contributed by atoms with van der Waals surface area (Å²) < 4.78 is 46.0. The summed E-state index contributed by atoms with van der Waals surface area (Å²) in [6.07, 6.45) is 8.67. The van der Waals surface area contributed by atoms with Gasteiger partial charge in [-0.25, -0.2) is 18.7 Å². The summed E-state index contributed by atoms with van der Waals surface area (Å²) in [7, 11) is 3.55. The van der Waals surface area contributed by atoms with Gasteiger partial charge in [0.25, 0.3) is 12.3 Å². The zero-order valence-electron chi connectivity index (χ0n) is 42.7. The van der Waals surface area contributed by atoms with E-state index in [9.17, 15) is 23.6 Å². The molecule has 0 unspecified atom stereocenters. The monoisotopic (exact) mass is 1020 g/mol. The minimum atomic E-state index is -2.67. The molecular weight excluding hydrogens is 954 g/mol. The quantitative estimate of drug-likeness (QED) is 0.127. The maximum atomic E-state index is 14.8. The predicted octanol–water partition coefficient (Wildman–Crippen LogP) is 8.32. The van der Waals surface area contributed by atoms with E-state index in [1.165, 1.54) is 0 Å². The number of alkyl halides is 2. The van der Waals surface area contributed by atoms with Gasteiger partial charge in [0.1, 0.15) is 17.9 Å². The van der Waals surface area contributed by atoms with Gasteiger partial charge in [0.2, 0.25) is 11.9 Å². The molecule has 0 bridgehead atoms. The maximum Gasteiger partial charge on any atom is 0.264 e. The molecule has 0 spiro atoms. The lowest BCUT2D eigenvalue weighted by molar-refractivity contribution is -0.164. The molecular formula is C54H65ClF2N12O4. The summed E-state index contributed by atoms with van der Waals surface area (Å²) in [5.41, 5.74) is 5.00. The number of fused-ring (bicyclic) bond motifs is 2. The molecule has 3 aromatic heterocycles. The van der Waals surface area contributed by atoms with Crippen LogP contribution in [0.5, 0.6) is 5.75 Å². The second kappa shape index (κ2) is 19.9. The van der Waals surface area contributed by atoms with E-state index >= 15 is 0 Å². The Hall–Kier alpha value is -6.16. The number of methoxy groups -OCH3 is 1. The second-order valence-corrected chi connectivity index (χ2v) is 22.2. The molecule has 73 heavy (non-hydrogen) atoms. The van der Waals surface area contributed by atoms with E-state index in [0.717, 1.165) is 86.6 Å².